The zero-order valence-electron chi connectivity index (χ0n) is 18.5. The highest BCUT2D eigenvalue weighted by Gasteiger charge is 2.36. The number of hydrogen-bond acceptors (Lipinski definition) is 5. The van der Waals surface area contributed by atoms with Crippen LogP contribution in [-0.4, -0.2) is 55.0 Å². The van der Waals surface area contributed by atoms with E-state index in [1.165, 1.54) is 0 Å². The van der Waals surface area contributed by atoms with Crippen LogP contribution >= 0.6 is 0 Å². The van der Waals surface area contributed by atoms with Crippen molar-refractivity contribution in [2.75, 3.05) is 19.8 Å². The first-order valence-corrected chi connectivity index (χ1v) is 11.2. The molecule has 1 aliphatic carbocycles. The molecule has 2 amide bonds. The first kappa shape index (κ1) is 22.8. The van der Waals surface area contributed by atoms with Gasteiger partial charge in [-0.3, -0.25) is 9.59 Å². The van der Waals surface area contributed by atoms with Gasteiger partial charge in [0, 0.05) is 5.92 Å². The summed E-state index contributed by atoms with van der Waals surface area (Å²) in [5.74, 6) is -2.33. The Labute approximate surface area is 192 Å². The smallest absolute Gasteiger partial charge is 0.407 e. The molecule has 8 nitrogen and oxygen atoms in total. The van der Waals surface area contributed by atoms with Crippen LogP contribution in [-0.2, 0) is 19.1 Å². The summed E-state index contributed by atoms with van der Waals surface area (Å²) in [4.78, 5) is 36.7. The fourth-order valence-corrected chi connectivity index (χ4v) is 4.56. The van der Waals surface area contributed by atoms with Crippen molar-refractivity contribution in [1.29, 1.82) is 0 Å². The quantitative estimate of drug-likeness (QED) is 0.568. The molecule has 3 atom stereocenters. The lowest BCUT2D eigenvalue weighted by Gasteiger charge is -2.22. The van der Waals surface area contributed by atoms with E-state index in [2.05, 4.69) is 22.8 Å². The van der Waals surface area contributed by atoms with E-state index in [-0.39, 0.29) is 25.7 Å². The van der Waals surface area contributed by atoms with Crippen molar-refractivity contribution in [3.05, 3.63) is 59.7 Å². The molecule has 1 saturated heterocycles. The average Bonchev–Trinajstić information content (AvgIpc) is 3.40. The molecule has 1 aliphatic heterocycles. The summed E-state index contributed by atoms with van der Waals surface area (Å²) in [6, 6.07) is 14.7. The van der Waals surface area contributed by atoms with Crippen molar-refractivity contribution in [2.24, 2.45) is 5.92 Å². The largest absolute Gasteiger partial charge is 0.481 e. The van der Waals surface area contributed by atoms with Crippen LogP contribution in [0, 0.1) is 5.92 Å². The van der Waals surface area contributed by atoms with Crippen molar-refractivity contribution in [1.82, 2.24) is 10.6 Å². The van der Waals surface area contributed by atoms with Crippen LogP contribution < -0.4 is 10.6 Å². The molecule has 1 fully saturated rings. The number of carboxylic acid groups (broad SMARTS) is 1. The molecule has 33 heavy (non-hydrogen) atoms. The van der Waals surface area contributed by atoms with Gasteiger partial charge in [-0.2, -0.15) is 0 Å². The van der Waals surface area contributed by atoms with Gasteiger partial charge in [-0.25, -0.2) is 4.79 Å². The van der Waals surface area contributed by atoms with Crippen molar-refractivity contribution < 1.29 is 29.0 Å². The van der Waals surface area contributed by atoms with Crippen LogP contribution in [0.3, 0.4) is 0 Å². The normalized spacial score (nSPS) is 19.9. The van der Waals surface area contributed by atoms with E-state index in [1.54, 1.807) is 0 Å². The fraction of sp³-hybridized carbons (Fsp3) is 0.400. The molecule has 1 heterocycles. The highest BCUT2D eigenvalue weighted by molar-refractivity contribution is 5.86. The second-order valence-electron chi connectivity index (χ2n) is 8.41. The summed E-state index contributed by atoms with van der Waals surface area (Å²) in [7, 11) is 0. The Hall–Kier alpha value is -3.39. The summed E-state index contributed by atoms with van der Waals surface area (Å²) in [6.07, 6.45) is 0.384. The number of rotatable bonds is 8. The number of amides is 2. The maximum absolute atomic E-state index is 12.8. The van der Waals surface area contributed by atoms with E-state index < -0.39 is 36.0 Å². The number of carbonyl (C=O) groups is 3. The molecule has 4 rings (SSSR count). The van der Waals surface area contributed by atoms with Gasteiger partial charge in [0.15, 0.2) is 0 Å². The van der Waals surface area contributed by atoms with Crippen LogP contribution in [0.2, 0.25) is 0 Å². The summed E-state index contributed by atoms with van der Waals surface area (Å²) in [5, 5.41) is 14.6. The fourth-order valence-electron chi connectivity index (χ4n) is 4.56. The number of carboxylic acids is 1. The molecular weight excluding hydrogens is 424 g/mol. The van der Waals surface area contributed by atoms with Gasteiger partial charge in [0.2, 0.25) is 5.91 Å². The second-order valence-corrected chi connectivity index (χ2v) is 8.41. The van der Waals surface area contributed by atoms with Gasteiger partial charge in [0.25, 0.3) is 0 Å². The zero-order valence-corrected chi connectivity index (χ0v) is 18.5. The molecule has 2 aromatic rings. The van der Waals surface area contributed by atoms with Gasteiger partial charge in [-0.05, 0) is 28.7 Å². The van der Waals surface area contributed by atoms with Crippen LogP contribution in [0.5, 0.6) is 0 Å². The minimum Gasteiger partial charge on any atom is -0.481 e. The molecule has 0 radical (unpaired) electrons. The first-order valence-electron chi connectivity index (χ1n) is 11.2. The zero-order chi connectivity index (χ0) is 23.4. The predicted octanol–water partition coefficient (Wildman–Crippen LogP) is 2.91. The number of nitrogens with one attached hydrogen (secondary N) is 2. The monoisotopic (exact) mass is 452 g/mol. The predicted molar refractivity (Wildman–Crippen MR) is 121 cm³/mol. The molecule has 0 saturated carbocycles. The number of ether oxygens (including phenoxy) is 2. The third-order valence-electron chi connectivity index (χ3n) is 6.25. The molecule has 0 bridgehead atoms. The van der Waals surface area contributed by atoms with E-state index >= 15 is 0 Å². The van der Waals surface area contributed by atoms with Crippen molar-refractivity contribution >= 4 is 18.0 Å². The number of benzene rings is 2. The summed E-state index contributed by atoms with van der Waals surface area (Å²) < 4.78 is 10.7. The molecule has 2 aliphatic rings. The van der Waals surface area contributed by atoms with E-state index in [9.17, 15) is 19.5 Å². The lowest BCUT2D eigenvalue weighted by Crippen LogP contribution is -2.52. The average molecular weight is 453 g/mol. The Bertz CT molecular complexity index is 994. The maximum atomic E-state index is 12.8. The van der Waals surface area contributed by atoms with Crippen molar-refractivity contribution in [2.45, 2.75) is 37.8 Å². The van der Waals surface area contributed by atoms with Gasteiger partial charge in [-0.15, -0.1) is 0 Å². The maximum Gasteiger partial charge on any atom is 0.407 e. The minimum atomic E-state index is -1.02. The Morgan fingerprint density at radius 3 is 2.30 bits per heavy atom. The Morgan fingerprint density at radius 1 is 1.06 bits per heavy atom. The molecule has 2 aromatic carbocycles. The van der Waals surface area contributed by atoms with Crippen LogP contribution in [0.15, 0.2) is 48.5 Å². The van der Waals surface area contributed by atoms with Gasteiger partial charge >= 0.3 is 12.1 Å². The number of carbonyl (C=O) groups excluding carboxylic acids is 2. The molecule has 0 aromatic heterocycles. The van der Waals surface area contributed by atoms with E-state index in [0.29, 0.717) is 12.8 Å². The van der Waals surface area contributed by atoms with Crippen molar-refractivity contribution in [3.63, 3.8) is 0 Å². The Morgan fingerprint density at radius 2 is 1.70 bits per heavy atom. The van der Waals surface area contributed by atoms with E-state index in [1.807, 2.05) is 43.3 Å². The van der Waals surface area contributed by atoms with Crippen LogP contribution in [0.4, 0.5) is 4.79 Å². The van der Waals surface area contributed by atoms with E-state index in [4.69, 9.17) is 9.47 Å². The highest BCUT2D eigenvalue weighted by atomic mass is 16.5. The summed E-state index contributed by atoms with van der Waals surface area (Å²) in [5.41, 5.74) is 4.49. The first-order chi connectivity index (χ1) is 16.0. The van der Waals surface area contributed by atoms with E-state index in [0.717, 1.165) is 22.3 Å². The number of aliphatic carboxylic acids is 1. The molecular formula is C25H28N2O6. The van der Waals surface area contributed by atoms with Crippen molar-refractivity contribution in [3.8, 4) is 11.1 Å². The summed E-state index contributed by atoms with van der Waals surface area (Å²) in [6.45, 7) is 2.24. The molecule has 2 unspecified atom stereocenters. The molecule has 0 spiro atoms. The Kier molecular flexibility index (Phi) is 6.93. The number of alkyl carbamates (subject to hydrolysis) is 1. The lowest BCUT2D eigenvalue weighted by atomic mass is 9.98. The lowest BCUT2D eigenvalue weighted by molar-refractivity contribution is -0.142. The Balaban J connectivity index is 1.38. The number of hydrogen-bond donors (Lipinski definition) is 3. The molecule has 174 valence electrons. The van der Waals surface area contributed by atoms with Gasteiger partial charge in [0.1, 0.15) is 18.6 Å². The molecule has 8 heteroatoms. The third-order valence-corrected chi connectivity index (χ3v) is 6.25. The van der Waals surface area contributed by atoms with Crippen LogP contribution in [0.25, 0.3) is 11.1 Å². The van der Waals surface area contributed by atoms with Gasteiger partial charge in [-0.1, -0.05) is 61.9 Å². The highest BCUT2D eigenvalue weighted by Crippen LogP contribution is 2.44. The summed E-state index contributed by atoms with van der Waals surface area (Å²) >= 11 is 0. The SMILES string of the molecule is CCC[C@@H](NC(=O)OCC1c2ccccc2-c2ccccc21)C(=O)NC1COCC1C(=O)O. The molecule has 3 N–H and O–H groups in total. The second kappa shape index (κ2) is 10.0. The van der Waals surface area contributed by atoms with Gasteiger partial charge in [0.05, 0.1) is 19.3 Å². The third kappa shape index (κ3) is 4.85. The van der Waals surface area contributed by atoms with Gasteiger partial charge < -0.3 is 25.2 Å². The topological polar surface area (TPSA) is 114 Å². The van der Waals surface area contributed by atoms with Crippen LogP contribution in [0.1, 0.15) is 36.8 Å². The minimum absolute atomic E-state index is 0.0541. The number of fused-ring (bicyclic) bond motifs is 3. The standard InChI is InChI=1S/C25H28N2O6/c1-2-7-21(23(28)26-22-14-32-12-20(22)24(29)30)27-25(31)33-13-19-17-10-5-3-8-15(17)16-9-4-6-11-18(16)19/h3-6,8-11,19-22H,2,7,12-14H2,1H3,(H,26,28)(H,27,31)(H,29,30)/t20?,21-,22?/m1/s1.